The summed E-state index contributed by atoms with van der Waals surface area (Å²) in [6.45, 7) is 1.40. The predicted octanol–water partition coefficient (Wildman–Crippen LogP) is 3.70. The van der Waals surface area contributed by atoms with E-state index in [1.807, 2.05) is 30.3 Å². The largest absolute Gasteiger partial charge is 0.454 e. The Bertz CT molecular complexity index is 497. The van der Waals surface area contributed by atoms with Crippen molar-refractivity contribution in [1.29, 1.82) is 0 Å². The van der Waals surface area contributed by atoms with E-state index in [1.54, 1.807) is 0 Å². The fourth-order valence-electron chi connectivity index (χ4n) is 2.83. The number of esters is 1. The van der Waals surface area contributed by atoms with Crippen molar-refractivity contribution in [2.75, 3.05) is 0 Å². The van der Waals surface area contributed by atoms with E-state index >= 15 is 0 Å². The fraction of sp³-hybridized carbons (Fsp3) is 0.500. The topological polar surface area (TPSA) is 75.1 Å². The van der Waals surface area contributed by atoms with Gasteiger partial charge in [0, 0.05) is 11.8 Å². The van der Waals surface area contributed by atoms with Gasteiger partial charge in [-0.1, -0.05) is 41.9 Å². The van der Waals surface area contributed by atoms with E-state index in [0.717, 1.165) is 24.8 Å². The molecule has 0 N–H and O–H groups in total. The minimum absolute atomic E-state index is 0.336. The number of hydrogen-bond donors (Lipinski definition) is 0. The zero-order valence-electron chi connectivity index (χ0n) is 11.0. The zero-order valence-corrected chi connectivity index (χ0v) is 11.0. The Morgan fingerprint density at radius 1 is 1.42 bits per heavy atom. The Morgan fingerprint density at radius 2 is 2.16 bits per heavy atom. The first kappa shape index (κ1) is 13.4. The van der Waals surface area contributed by atoms with E-state index in [2.05, 4.69) is 10.0 Å². The van der Waals surface area contributed by atoms with Gasteiger partial charge in [0.2, 0.25) is 0 Å². The smallest absolute Gasteiger partial charge is 0.303 e. The molecule has 1 aromatic rings. The number of benzene rings is 1. The van der Waals surface area contributed by atoms with Gasteiger partial charge >= 0.3 is 5.97 Å². The molecule has 0 bridgehead atoms. The minimum atomic E-state index is -0.808. The molecule has 5 nitrogen and oxygen atoms in total. The van der Waals surface area contributed by atoms with Crippen LogP contribution in [0.2, 0.25) is 0 Å². The second-order valence-electron chi connectivity index (χ2n) is 4.82. The first-order chi connectivity index (χ1) is 9.19. The molecule has 0 spiro atoms. The van der Waals surface area contributed by atoms with Crippen LogP contribution in [-0.2, 0) is 15.1 Å². The highest BCUT2D eigenvalue weighted by Crippen LogP contribution is 2.42. The fourth-order valence-corrected chi connectivity index (χ4v) is 2.83. The third-order valence-electron chi connectivity index (χ3n) is 3.59. The van der Waals surface area contributed by atoms with Crippen LogP contribution in [0.5, 0.6) is 0 Å². The average Bonchev–Trinajstić information content (AvgIpc) is 2.42. The molecule has 0 unspecified atom stereocenters. The lowest BCUT2D eigenvalue weighted by atomic mass is 9.76. The van der Waals surface area contributed by atoms with Crippen LogP contribution in [0.15, 0.2) is 35.4 Å². The van der Waals surface area contributed by atoms with Gasteiger partial charge in [-0.05, 0) is 30.4 Å². The highest BCUT2D eigenvalue weighted by molar-refractivity contribution is 5.67. The van der Waals surface area contributed by atoms with Crippen molar-refractivity contribution < 1.29 is 9.53 Å². The van der Waals surface area contributed by atoms with Crippen molar-refractivity contribution in [3.63, 3.8) is 0 Å². The molecule has 100 valence electrons. The van der Waals surface area contributed by atoms with Crippen LogP contribution in [-0.4, -0.2) is 12.0 Å². The van der Waals surface area contributed by atoms with Crippen molar-refractivity contribution in [3.05, 3.63) is 46.3 Å². The summed E-state index contributed by atoms with van der Waals surface area (Å²) in [5.74, 6) is -0.344. The van der Waals surface area contributed by atoms with Crippen molar-refractivity contribution in [3.8, 4) is 0 Å². The molecule has 5 heteroatoms. The maximum Gasteiger partial charge on any atom is 0.303 e. The molecule has 1 aliphatic carbocycles. The van der Waals surface area contributed by atoms with E-state index < -0.39 is 5.60 Å². The molecule has 1 saturated carbocycles. The van der Waals surface area contributed by atoms with Crippen molar-refractivity contribution in [2.24, 2.45) is 5.11 Å². The van der Waals surface area contributed by atoms with E-state index in [0.29, 0.717) is 6.42 Å². The van der Waals surface area contributed by atoms with Gasteiger partial charge in [0.1, 0.15) is 5.60 Å². The molecule has 0 aliphatic heterocycles. The molecule has 19 heavy (non-hydrogen) atoms. The lowest BCUT2D eigenvalue weighted by molar-refractivity contribution is -0.164. The summed E-state index contributed by atoms with van der Waals surface area (Å²) >= 11 is 0. The quantitative estimate of drug-likeness (QED) is 0.359. The van der Waals surface area contributed by atoms with E-state index in [-0.39, 0.29) is 12.0 Å². The van der Waals surface area contributed by atoms with Crippen LogP contribution >= 0.6 is 0 Å². The molecule has 0 saturated heterocycles. The van der Waals surface area contributed by atoms with Gasteiger partial charge < -0.3 is 4.74 Å². The van der Waals surface area contributed by atoms with Crippen LogP contribution in [0, 0.1) is 0 Å². The van der Waals surface area contributed by atoms with Crippen molar-refractivity contribution >= 4 is 5.97 Å². The van der Waals surface area contributed by atoms with E-state index in [1.165, 1.54) is 6.92 Å². The molecule has 1 aliphatic rings. The minimum Gasteiger partial charge on any atom is -0.454 e. The predicted molar refractivity (Wildman–Crippen MR) is 71.3 cm³/mol. The molecular formula is C14H17N3O2. The van der Waals surface area contributed by atoms with Gasteiger partial charge in [-0.15, -0.1) is 0 Å². The van der Waals surface area contributed by atoms with Crippen molar-refractivity contribution in [2.45, 2.75) is 44.2 Å². The van der Waals surface area contributed by atoms with Crippen LogP contribution in [0.3, 0.4) is 0 Å². The van der Waals surface area contributed by atoms with Crippen LogP contribution in [0.4, 0.5) is 0 Å². The van der Waals surface area contributed by atoms with Crippen LogP contribution < -0.4 is 0 Å². The summed E-state index contributed by atoms with van der Waals surface area (Å²) in [6, 6.07) is 9.24. The first-order valence-electron chi connectivity index (χ1n) is 6.48. The molecule has 0 amide bonds. The summed E-state index contributed by atoms with van der Waals surface area (Å²) in [5.41, 5.74) is 8.85. The molecule has 0 aromatic heterocycles. The van der Waals surface area contributed by atoms with Crippen LogP contribution in [0.25, 0.3) is 10.4 Å². The Kier molecular flexibility index (Phi) is 4.07. The summed E-state index contributed by atoms with van der Waals surface area (Å²) < 4.78 is 5.63. The lowest BCUT2D eigenvalue weighted by Crippen LogP contribution is -2.44. The zero-order chi connectivity index (χ0) is 13.7. The summed E-state index contributed by atoms with van der Waals surface area (Å²) in [6.07, 6.45) is 3.38. The number of ether oxygens (including phenoxy) is 1. The second kappa shape index (κ2) is 5.76. The number of hydrogen-bond acceptors (Lipinski definition) is 3. The Hall–Kier alpha value is -2.00. The number of azide groups is 1. The normalized spacial score (nSPS) is 26.3. The molecule has 0 radical (unpaired) electrons. The summed E-state index contributed by atoms with van der Waals surface area (Å²) in [5, 5.41) is 3.87. The van der Waals surface area contributed by atoms with Crippen molar-refractivity contribution in [1.82, 2.24) is 0 Å². The average molecular weight is 259 g/mol. The molecule has 1 aromatic carbocycles. The highest BCUT2D eigenvalue weighted by atomic mass is 16.6. The Morgan fingerprint density at radius 3 is 2.79 bits per heavy atom. The Labute approximate surface area is 112 Å². The third kappa shape index (κ3) is 2.71. The van der Waals surface area contributed by atoms with Gasteiger partial charge in [-0.25, -0.2) is 0 Å². The van der Waals surface area contributed by atoms with Gasteiger partial charge in [0.25, 0.3) is 0 Å². The number of nitrogens with zero attached hydrogens (tertiary/aromatic N) is 3. The molecule has 2 rings (SSSR count). The SMILES string of the molecule is CC(=O)O[C@@]1(c2ccccc2)CCCC[C@H]1N=[N+]=[N-]. The van der Waals surface area contributed by atoms with E-state index in [4.69, 9.17) is 10.3 Å². The van der Waals surface area contributed by atoms with Gasteiger partial charge in [0.15, 0.2) is 0 Å². The molecule has 2 atom stereocenters. The molecule has 0 heterocycles. The maximum absolute atomic E-state index is 11.5. The van der Waals surface area contributed by atoms with Gasteiger partial charge in [-0.3, -0.25) is 4.79 Å². The van der Waals surface area contributed by atoms with Gasteiger partial charge in [-0.2, -0.15) is 0 Å². The van der Waals surface area contributed by atoms with E-state index in [9.17, 15) is 4.79 Å². The first-order valence-corrected chi connectivity index (χ1v) is 6.48. The maximum atomic E-state index is 11.5. The summed E-state index contributed by atoms with van der Waals surface area (Å²) in [4.78, 5) is 14.4. The molecular weight excluding hydrogens is 242 g/mol. The standard InChI is InChI=1S/C14H17N3O2/c1-11(18)19-14(12-7-3-2-4-8-12)10-6-5-9-13(14)16-17-15/h2-4,7-8,13H,5-6,9-10H2,1H3/t13-,14-/m1/s1. The monoisotopic (exact) mass is 259 g/mol. The van der Waals surface area contributed by atoms with Crippen LogP contribution in [0.1, 0.15) is 38.2 Å². The number of carbonyl (C=O) groups excluding carboxylic acids is 1. The number of rotatable bonds is 3. The second-order valence-corrected chi connectivity index (χ2v) is 4.82. The Balaban J connectivity index is 2.48. The van der Waals surface area contributed by atoms with Gasteiger partial charge in [0.05, 0.1) is 6.04 Å². The lowest BCUT2D eigenvalue weighted by Gasteiger charge is -2.41. The highest BCUT2D eigenvalue weighted by Gasteiger charge is 2.44. The number of carbonyl (C=O) groups is 1. The molecule has 1 fully saturated rings. The summed E-state index contributed by atoms with van der Waals surface area (Å²) in [7, 11) is 0. The third-order valence-corrected chi connectivity index (χ3v) is 3.59.